The van der Waals surface area contributed by atoms with Gasteiger partial charge in [-0.1, -0.05) is 34.4 Å². The standard InChI is InChI=1S/C42H53Cl2N2O10P/c1-25-18-27(34(47)12-9-17-57(50,54-23-52-39(48)41(2,3)4)55-24-53-40(49)42(5,6)7)15-16-33(25)46-21-28-19-29(46)20-35(28)51-22-30-37(45-56-38(30)26-13-14-26)36-31(43)10-8-11-32(36)44/h8,10-11,15-16,18,26,28-29,35H,9,12-14,17,19-24H2,1-7H3/t28-,29-,35+/m0/s1. The van der Waals surface area contributed by atoms with E-state index >= 15 is 0 Å². The number of esters is 2. The normalized spacial score (nSPS) is 19.6. The Kier molecular flexibility index (Phi) is 13.3. The molecule has 1 aromatic heterocycles. The number of halogens is 2. The SMILES string of the molecule is Cc1cc(C(=O)CCCP(=O)(OCOC(=O)C(C)(C)C)OCOC(=O)C(C)(C)C)ccc1N1C[C@@H]2C[C@H]1C[C@H]2OCc1c(-c2c(Cl)cccc2Cl)noc1C1CC1. The number of ether oxygens (including phenoxy) is 3. The lowest BCUT2D eigenvalue weighted by molar-refractivity contribution is -0.162. The van der Waals surface area contributed by atoms with Gasteiger partial charge in [0, 0.05) is 53.2 Å². The van der Waals surface area contributed by atoms with Crippen LogP contribution in [0.2, 0.25) is 10.0 Å². The topological polar surface area (TPSA) is 144 Å². The lowest BCUT2D eigenvalue weighted by Gasteiger charge is -2.34. The quantitative estimate of drug-likeness (QED) is 0.0552. The van der Waals surface area contributed by atoms with Gasteiger partial charge < -0.3 is 23.6 Å². The molecule has 2 heterocycles. The molecule has 3 aromatic rings. The molecule has 2 saturated carbocycles. The van der Waals surface area contributed by atoms with Crippen LogP contribution in [0.5, 0.6) is 0 Å². The molecule has 0 unspecified atom stereocenters. The second-order valence-corrected chi connectivity index (χ2v) is 20.4. The zero-order chi connectivity index (χ0) is 41.3. The summed E-state index contributed by atoms with van der Waals surface area (Å²) < 4.78 is 47.1. The number of ketones is 1. The summed E-state index contributed by atoms with van der Waals surface area (Å²) in [5, 5.41) is 5.45. The molecule has 0 spiro atoms. The maximum absolute atomic E-state index is 13.6. The average Bonchev–Trinajstić information content (AvgIpc) is 3.58. The molecule has 3 atom stereocenters. The Balaban J connectivity index is 1.02. The van der Waals surface area contributed by atoms with Crippen LogP contribution in [0.3, 0.4) is 0 Å². The second kappa shape index (κ2) is 17.5. The number of Topliss-reactive ketones (excluding diaryl/α,β-unsaturated/α-hetero) is 1. The van der Waals surface area contributed by atoms with Gasteiger partial charge in [-0.3, -0.25) is 28.0 Å². The predicted octanol–water partition coefficient (Wildman–Crippen LogP) is 10.3. The molecule has 0 amide bonds. The van der Waals surface area contributed by atoms with Crippen molar-refractivity contribution in [3.8, 4) is 11.3 Å². The first-order valence-corrected chi connectivity index (χ1v) is 22.0. The Bertz CT molecular complexity index is 1960. The highest BCUT2D eigenvalue weighted by atomic mass is 35.5. The van der Waals surface area contributed by atoms with E-state index in [2.05, 4.69) is 10.1 Å². The third-order valence-electron chi connectivity index (χ3n) is 10.7. The van der Waals surface area contributed by atoms with Crippen LogP contribution in [0.15, 0.2) is 40.9 Å². The highest BCUT2D eigenvalue weighted by Crippen LogP contribution is 2.50. The fraction of sp³-hybridized carbons (Fsp3) is 0.571. The van der Waals surface area contributed by atoms with Crippen LogP contribution in [0, 0.1) is 23.7 Å². The Morgan fingerprint density at radius 1 is 0.930 bits per heavy atom. The van der Waals surface area contributed by atoms with Crippen LogP contribution in [0.4, 0.5) is 5.69 Å². The van der Waals surface area contributed by atoms with E-state index in [0.29, 0.717) is 51.4 Å². The van der Waals surface area contributed by atoms with E-state index in [9.17, 15) is 18.9 Å². The number of hydrogen-bond acceptors (Lipinski definition) is 12. The maximum atomic E-state index is 13.6. The Hall–Kier alpha value is -3.25. The lowest BCUT2D eigenvalue weighted by Crippen LogP contribution is -2.39. The number of anilines is 1. The molecule has 1 aliphatic heterocycles. The third kappa shape index (κ3) is 10.5. The summed E-state index contributed by atoms with van der Waals surface area (Å²) in [5.41, 5.74) is 3.28. The van der Waals surface area contributed by atoms with Gasteiger partial charge in [-0.25, -0.2) is 0 Å². The molecule has 6 rings (SSSR count). The first kappa shape index (κ1) is 43.3. The summed E-state index contributed by atoms with van der Waals surface area (Å²) in [7, 11) is -3.91. The minimum absolute atomic E-state index is 0.0749. The first-order valence-electron chi connectivity index (χ1n) is 19.5. The van der Waals surface area contributed by atoms with Gasteiger partial charge in [0.05, 0.1) is 39.7 Å². The smallest absolute Gasteiger partial charge is 0.336 e. The number of fused-ring (bicyclic) bond motifs is 2. The molecule has 12 nitrogen and oxygen atoms in total. The summed E-state index contributed by atoms with van der Waals surface area (Å²) in [4.78, 5) is 40.2. The van der Waals surface area contributed by atoms with Gasteiger partial charge in [-0.05, 0) is 116 Å². The molecular weight excluding hydrogens is 794 g/mol. The van der Waals surface area contributed by atoms with E-state index in [-0.39, 0.29) is 30.9 Å². The molecule has 0 radical (unpaired) electrons. The van der Waals surface area contributed by atoms with Gasteiger partial charge in [0.1, 0.15) is 11.5 Å². The van der Waals surface area contributed by atoms with Crippen molar-refractivity contribution in [2.75, 3.05) is 31.2 Å². The van der Waals surface area contributed by atoms with Crippen molar-refractivity contribution < 1.29 is 46.7 Å². The molecule has 1 saturated heterocycles. The number of aromatic nitrogens is 1. The molecule has 2 aromatic carbocycles. The minimum atomic E-state index is -3.91. The fourth-order valence-corrected chi connectivity index (χ4v) is 9.17. The van der Waals surface area contributed by atoms with Crippen LogP contribution in [0.1, 0.15) is 113 Å². The van der Waals surface area contributed by atoms with E-state index in [0.717, 1.165) is 54.8 Å². The Morgan fingerprint density at radius 3 is 2.11 bits per heavy atom. The molecule has 310 valence electrons. The number of piperidine rings is 1. The average molecular weight is 848 g/mol. The van der Waals surface area contributed by atoms with Crippen molar-refractivity contribution in [1.82, 2.24) is 5.16 Å². The predicted molar refractivity (Wildman–Crippen MR) is 217 cm³/mol. The number of benzene rings is 2. The van der Waals surface area contributed by atoms with Crippen molar-refractivity contribution in [3.63, 3.8) is 0 Å². The minimum Gasteiger partial charge on any atom is -0.438 e. The van der Waals surface area contributed by atoms with Crippen LogP contribution >= 0.6 is 30.8 Å². The van der Waals surface area contributed by atoms with Crippen LogP contribution in [-0.4, -0.2) is 61.3 Å². The Morgan fingerprint density at radius 2 is 1.56 bits per heavy atom. The first-order chi connectivity index (χ1) is 26.8. The number of hydrogen-bond donors (Lipinski definition) is 0. The van der Waals surface area contributed by atoms with Crippen molar-refractivity contribution in [2.45, 2.75) is 112 Å². The molecule has 3 aliphatic rings. The molecule has 57 heavy (non-hydrogen) atoms. The van der Waals surface area contributed by atoms with E-state index in [4.69, 9.17) is 51.0 Å². The van der Waals surface area contributed by atoms with Crippen molar-refractivity contribution in [2.24, 2.45) is 16.7 Å². The number of rotatable bonds is 17. The molecule has 2 bridgehead atoms. The molecular formula is C42H53Cl2N2O10P. The van der Waals surface area contributed by atoms with Gasteiger partial charge in [0.2, 0.25) is 13.6 Å². The fourth-order valence-electron chi connectivity index (χ4n) is 7.29. The highest BCUT2D eigenvalue weighted by Gasteiger charge is 2.46. The molecule has 0 N–H and O–H groups in total. The summed E-state index contributed by atoms with van der Waals surface area (Å²) in [6.07, 6.45) is 4.20. The van der Waals surface area contributed by atoms with E-state index in [1.807, 2.05) is 31.2 Å². The maximum Gasteiger partial charge on any atom is 0.336 e. The van der Waals surface area contributed by atoms with Crippen molar-refractivity contribution in [1.29, 1.82) is 0 Å². The van der Waals surface area contributed by atoms with Crippen molar-refractivity contribution >= 4 is 54.2 Å². The third-order valence-corrected chi connectivity index (χ3v) is 13.1. The number of carbonyl (C=O) groups is 3. The van der Waals surface area contributed by atoms with Gasteiger partial charge in [0.15, 0.2) is 5.78 Å². The largest absolute Gasteiger partial charge is 0.438 e. The zero-order valence-electron chi connectivity index (χ0n) is 33.7. The Labute approximate surface area is 344 Å². The number of nitrogens with zero attached hydrogens (tertiary/aromatic N) is 2. The summed E-state index contributed by atoms with van der Waals surface area (Å²) >= 11 is 13.1. The molecule has 15 heteroatoms. The highest BCUT2D eigenvalue weighted by molar-refractivity contribution is 7.53. The van der Waals surface area contributed by atoms with Gasteiger partial charge in [0.25, 0.3) is 0 Å². The van der Waals surface area contributed by atoms with Crippen LogP contribution < -0.4 is 4.90 Å². The van der Waals surface area contributed by atoms with Gasteiger partial charge in [-0.2, -0.15) is 0 Å². The van der Waals surface area contributed by atoms with E-state index in [1.54, 1.807) is 53.7 Å². The summed E-state index contributed by atoms with van der Waals surface area (Å²) in [5.74, 6) is 0.348. The summed E-state index contributed by atoms with van der Waals surface area (Å²) in [6, 6.07) is 11.5. The molecule has 2 aliphatic carbocycles. The van der Waals surface area contributed by atoms with E-state index < -0.39 is 44.0 Å². The van der Waals surface area contributed by atoms with Gasteiger partial charge in [-0.15, -0.1) is 0 Å². The van der Waals surface area contributed by atoms with Gasteiger partial charge >= 0.3 is 19.5 Å². The zero-order valence-corrected chi connectivity index (χ0v) is 36.1. The number of aryl methyl sites for hydroxylation is 1. The van der Waals surface area contributed by atoms with Crippen LogP contribution in [-0.2, 0) is 44.0 Å². The van der Waals surface area contributed by atoms with E-state index in [1.165, 1.54) is 0 Å². The monoisotopic (exact) mass is 846 g/mol. The van der Waals surface area contributed by atoms with Crippen LogP contribution in [0.25, 0.3) is 11.3 Å². The lowest BCUT2D eigenvalue weighted by atomic mass is 9.98. The second-order valence-electron chi connectivity index (χ2n) is 17.4. The molecule has 3 fully saturated rings. The summed E-state index contributed by atoms with van der Waals surface area (Å²) in [6.45, 7) is 12.1. The number of carbonyl (C=O) groups excluding carboxylic acids is 3. The van der Waals surface area contributed by atoms with Crippen molar-refractivity contribution in [3.05, 3.63) is 68.9 Å².